The molecule has 0 spiro atoms. The minimum atomic E-state index is -4.57. The SMILES string of the molecule is CC(O)c1nnc(/C(=C/n2cnc(-c3cc(C4CC4)nc(C(F)(F)F)c3)n2)c2cncnc2)s1. The lowest BCUT2D eigenvalue weighted by molar-refractivity contribution is -0.141. The first-order chi connectivity index (χ1) is 16.3. The molecule has 0 radical (unpaired) electrons. The predicted molar refractivity (Wildman–Crippen MR) is 116 cm³/mol. The topological polar surface area (TPSA) is 115 Å². The summed E-state index contributed by atoms with van der Waals surface area (Å²) in [7, 11) is 0. The summed E-state index contributed by atoms with van der Waals surface area (Å²) < 4.78 is 41.6. The zero-order valence-electron chi connectivity index (χ0n) is 17.7. The van der Waals surface area contributed by atoms with E-state index >= 15 is 0 Å². The summed E-state index contributed by atoms with van der Waals surface area (Å²) in [5.41, 5.74) is 0.866. The van der Waals surface area contributed by atoms with Gasteiger partial charge in [0.25, 0.3) is 0 Å². The quantitative estimate of drug-likeness (QED) is 0.435. The fraction of sp³-hybridized carbons (Fsp3) is 0.286. The Morgan fingerprint density at radius 3 is 2.62 bits per heavy atom. The molecule has 1 aliphatic rings. The van der Waals surface area contributed by atoms with Crippen LogP contribution in [0, 0.1) is 0 Å². The number of hydrogen-bond acceptors (Lipinski definition) is 9. The van der Waals surface area contributed by atoms with E-state index in [0.29, 0.717) is 26.8 Å². The van der Waals surface area contributed by atoms with Gasteiger partial charge in [0.2, 0.25) is 0 Å². The van der Waals surface area contributed by atoms with Crippen molar-refractivity contribution in [2.75, 3.05) is 0 Å². The van der Waals surface area contributed by atoms with Crippen molar-refractivity contribution in [1.82, 2.24) is 39.9 Å². The first-order valence-corrected chi connectivity index (χ1v) is 11.1. The number of halogens is 3. The van der Waals surface area contributed by atoms with E-state index in [-0.39, 0.29) is 17.3 Å². The second kappa shape index (κ2) is 8.65. The first kappa shape index (κ1) is 22.2. The lowest BCUT2D eigenvalue weighted by atomic mass is 10.1. The number of aromatic nitrogens is 8. The number of pyridine rings is 1. The average molecular weight is 486 g/mol. The summed E-state index contributed by atoms with van der Waals surface area (Å²) in [5.74, 6) is 0.171. The van der Waals surface area contributed by atoms with Crippen LogP contribution < -0.4 is 0 Å². The molecule has 0 bridgehead atoms. The Morgan fingerprint density at radius 1 is 1.21 bits per heavy atom. The van der Waals surface area contributed by atoms with E-state index in [9.17, 15) is 18.3 Å². The monoisotopic (exact) mass is 486 g/mol. The summed E-state index contributed by atoms with van der Waals surface area (Å²) in [6, 6.07) is 2.57. The molecule has 1 fully saturated rings. The summed E-state index contributed by atoms with van der Waals surface area (Å²) in [6.45, 7) is 1.59. The standard InChI is InChI=1S/C21H17F3N8OS/c1-11(33)19-29-30-20(34-19)15(14-6-25-9-26-7-14)8-32-10-27-18(31-32)13-4-16(12-2-3-12)28-17(5-13)21(22,23)24/h4-12,33H,2-3H2,1H3/b15-8+. The van der Waals surface area contributed by atoms with Gasteiger partial charge in [-0.25, -0.2) is 24.6 Å². The van der Waals surface area contributed by atoms with Crippen LogP contribution in [-0.2, 0) is 6.18 Å². The van der Waals surface area contributed by atoms with Gasteiger partial charge < -0.3 is 5.11 Å². The molecule has 4 aromatic rings. The van der Waals surface area contributed by atoms with Crippen LogP contribution in [0.5, 0.6) is 0 Å². The van der Waals surface area contributed by atoms with Crippen molar-refractivity contribution in [3.63, 3.8) is 0 Å². The second-order valence-corrected chi connectivity index (χ2v) is 8.79. The average Bonchev–Trinajstić information content (AvgIpc) is 3.36. The molecule has 1 saturated carbocycles. The second-order valence-electron chi connectivity index (χ2n) is 7.78. The van der Waals surface area contributed by atoms with E-state index in [4.69, 9.17) is 0 Å². The highest BCUT2D eigenvalue weighted by atomic mass is 32.1. The third kappa shape index (κ3) is 4.70. The molecule has 34 heavy (non-hydrogen) atoms. The van der Waals surface area contributed by atoms with Crippen LogP contribution in [-0.4, -0.2) is 45.0 Å². The summed E-state index contributed by atoms with van der Waals surface area (Å²) in [4.78, 5) is 16.1. The number of alkyl halides is 3. The zero-order valence-corrected chi connectivity index (χ0v) is 18.5. The number of aliphatic hydroxyl groups is 1. The molecule has 0 aliphatic heterocycles. The smallest absolute Gasteiger partial charge is 0.386 e. The molecular weight excluding hydrogens is 469 g/mol. The van der Waals surface area contributed by atoms with E-state index in [1.807, 2.05) is 0 Å². The Kier molecular flexibility index (Phi) is 5.65. The highest BCUT2D eigenvalue weighted by Crippen LogP contribution is 2.41. The van der Waals surface area contributed by atoms with Crippen LogP contribution >= 0.6 is 11.3 Å². The van der Waals surface area contributed by atoms with Gasteiger partial charge in [0.1, 0.15) is 34.5 Å². The normalized spacial score (nSPS) is 15.5. The highest BCUT2D eigenvalue weighted by molar-refractivity contribution is 7.12. The molecule has 1 atom stereocenters. The molecule has 4 heterocycles. The van der Waals surface area contributed by atoms with Crippen LogP contribution in [0.3, 0.4) is 0 Å². The molecule has 9 nitrogen and oxygen atoms in total. The maximum Gasteiger partial charge on any atom is 0.433 e. The van der Waals surface area contributed by atoms with E-state index in [1.54, 1.807) is 31.6 Å². The van der Waals surface area contributed by atoms with Crippen molar-refractivity contribution in [2.24, 2.45) is 0 Å². The molecule has 0 aromatic carbocycles. The molecule has 1 aliphatic carbocycles. The van der Waals surface area contributed by atoms with E-state index in [1.165, 1.54) is 28.7 Å². The van der Waals surface area contributed by atoms with Gasteiger partial charge in [0, 0.05) is 46.9 Å². The van der Waals surface area contributed by atoms with Crippen LogP contribution in [0.2, 0.25) is 0 Å². The van der Waals surface area contributed by atoms with Crippen LogP contribution in [0.25, 0.3) is 23.2 Å². The van der Waals surface area contributed by atoms with Gasteiger partial charge in [0.05, 0.1) is 0 Å². The van der Waals surface area contributed by atoms with Gasteiger partial charge in [0.15, 0.2) is 5.82 Å². The van der Waals surface area contributed by atoms with Gasteiger partial charge >= 0.3 is 6.18 Å². The van der Waals surface area contributed by atoms with Crippen molar-refractivity contribution < 1.29 is 18.3 Å². The van der Waals surface area contributed by atoms with E-state index < -0.39 is 18.0 Å². The highest BCUT2D eigenvalue weighted by Gasteiger charge is 2.35. The lowest BCUT2D eigenvalue weighted by Crippen LogP contribution is -2.10. The number of hydrogen-bond donors (Lipinski definition) is 1. The van der Waals surface area contributed by atoms with Gasteiger partial charge in [-0.05, 0) is 31.9 Å². The maximum atomic E-state index is 13.4. The van der Waals surface area contributed by atoms with E-state index in [0.717, 1.165) is 18.9 Å². The van der Waals surface area contributed by atoms with Crippen molar-refractivity contribution >= 4 is 23.1 Å². The van der Waals surface area contributed by atoms with E-state index in [2.05, 4.69) is 35.2 Å². The van der Waals surface area contributed by atoms with Crippen LogP contribution in [0.4, 0.5) is 13.2 Å². The first-order valence-electron chi connectivity index (χ1n) is 10.3. The van der Waals surface area contributed by atoms with Crippen molar-refractivity contribution in [2.45, 2.75) is 38.0 Å². The molecular formula is C21H17F3N8OS. The molecule has 0 saturated heterocycles. The number of aliphatic hydroxyl groups excluding tert-OH is 1. The Labute approximate surface area is 195 Å². The number of rotatable bonds is 6. The zero-order chi connectivity index (χ0) is 23.9. The Balaban J connectivity index is 1.55. The Bertz CT molecular complexity index is 1350. The predicted octanol–water partition coefficient (Wildman–Crippen LogP) is 3.98. The minimum Gasteiger partial charge on any atom is -0.386 e. The molecule has 1 unspecified atom stereocenters. The van der Waals surface area contributed by atoms with Crippen LogP contribution in [0.1, 0.15) is 58.8 Å². The maximum absolute atomic E-state index is 13.4. The summed E-state index contributed by atoms with van der Waals surface area (Å²) in [5, 5.41) is 23.2. The molecule has 174 valence electrons. The third-order valence-corrected chi connectivity index (χ3v) is 6.19. The van der Waals surface area contributed by atoms with Crippen molar-refractivity contribution in [1.29, 1.82) is 0 Å². The molecule has 5 rings (SSSR count). The molecule has 13 heteroatoms. The lowest BCUT2D eigenvalue weighted by Gasteiger charge is -2.09. The van der Waals surface area contributed by atoms with Gasteiger partial charge in [-0.3, -0.25) is 0 Å². The van der Waals surface area contributed by atoms with Gasteiger partial charge in [-0.2, -0.15) is 13.2 Å². The molecule has 0 amide bonds. The molecule has 1 N–H and O–H groups in total. The van der Waals surface area contributed by atoms with Crippen LogP contribution in [0.15, 0.2) is 37.2 Å². The summed E-state index contributed by atoms with van der Waals surface area (Å²) in [6.07, 6.45) is 3.83. The van der Waals surface area contributed by atoms with Crippen molar-refractivity contribution in [3.05, 3.63) is 64.1 Å². The largest absolute Gasteiger partial charge is 0.433 e. The minimum absolute atomic E-state index is 0.0354. The van der Waals surface area contributed by atoms with Gasteiger partial charge in [-0.15, -0.1) is 15.3 Å². The number of nitrogens with zero attached hydrogens (tertiary/aromatic N) is 8. The Morgan fingerprint density at radius 2 is 1.97 bits per heavy atom. The Hall–Kier alpha value is -3.58. The molecule has 4 aromatic heterocycles. The van der Waals surface area contributed by atoms with Gasteiger partial charge in [-0.1, -0.05) is 11.3 Å². The van der Waals surface area contributed by atoms with Crippen molar-refractivity contribution in [3.8, 4) is 11.4 Å². The third-order valence-electron chi connectivity index (χ3n) is 5.06. The fourth-order valence-electron chi connectivity index (χ4n) is 3.22. The summed E-state index contributed by atoms with van der Waals surface area (Å²) >= 11 is 1.19. The fourth-order valence-corrected chi connectivity index (χ4v) is 4.03.